The first-order valence-electron chi connectivity index (χ1n) is 4.98. The van der Waals surface area contributed by atoms with E-state index in [4.69, 9.17) is 0 Å². The fraction of sp³-hybridized carbons (Fsp3) is 0. The maximum absolute atomic E-state index is 13.6. The zero-order valence-corrected chi connectivity index (χ0v) is 11.6. The molecule has 0 bridgehead atoms. The number of nitrogens with zero attached hydrogens (tertiary/aromatic N) is 1. The number of nitro benzene ring substituents is 1. The van der Waals surface area contributed by atoms with E-state index in [1.54, 1.807) is 6.07 Å². The van der Waals surface area contributed by atoms with E-state index in [2.05, 4.69) is 21.2 Å². The molecule has 1 aromatic heterocycles. The molecule has 0 fully saturated rings. The number of nitro groups is 1. The van der Waals surface area contributed by atoms with Crippen molar-refractivity contribution in [3.63, 3.8) is 0 Å². The van der Waals surface area contributed by atoms with Crippen LogP contribution < -0.4 is 5.32 Å². The van der Waals surface area contributed by atoms with E-state index in [1.807, 2.05) is 0 Å². The number of hydrogen-bond acceptors (Lipinski definition) is 4. The van der Waals surface area contributed by atoms with Gasteiger partial charge in [0.25, 0.3) is 11.6 Å². The van der Waals surface area contributed by atoms with Crippen molar-refractivity contribution in [3.8, 4) is 0 Å². The van der Waals surface area contributed by atoms with E-state index in [0.717, 1.165) is 27.3 Å². The molecule has 2 rings (SSSR count). The Kier molecular flexibility index (Phi) is 3.91. The number of para-hydroxylation sites is 1. The molecule has 0 aliphatic rings. The molecule has 0 saturated heterocycles. The van der Waals surface area contributed by atoms with Crippen LogP contribution in [-0.4, -0.2) is 10.8 Å². The molecule has 19 heavy (non-hydrogen) atoms. The molecular weight excluding hydrogens is 339 g/mol. The van der Waals surface area contributed by atoms with E-state index in [9.17, 15) is 19.3 Å². The van der Waals surface area contributed by atoms with E-state index in [0.29, 0.717) is 4.88 Å². The topological polar surface area (TPSA) is 72.2 Å². The third-order valence-corrected chi connectivity index (χ3v) is 3.85. The van der Waals surface area contributed by atoms with Crippen molar-refractivity contribution in [2.75, 3.05) is 5.32 Å². The minimum absolute atomic E-state index is 0.324. The zero-order valence-electron chi connectivity index (χ0n) is 9.22. The first kappa shape index (κ1) is 13.6. The summed E-state index contributed by atoms with van der Waals surface area (Å²) >= 11 is 4.34. The average Bonchev–Trinajstić information content (AvgIpc) is 2.78. The van der Waals surface area contributed by atoms with Gasteiger partial charge < -0.3 is 5.32 Å². The van der Waals surface area contributed by atoms with Crippen molar-refractivity contribution in [2.45, 2.75) is 0 Å². The van der Waals surface area contributed by atoms with E-state index >= 15 is 0 Å². The van der Waals surface area contributed by atoms with Gasteiger partial charge in [-0.15, -0.1) is 11.3 Å². The number of rotatable bonds is 3. The highest BCUT2D eigenvalue weighted by molar-refractivity contribution is 9.11. The molecule has 1 amide bonds. The van der Waals surface area contributed by atoms with Crippen molar-refractivity contribution in [2.24, 2.45) is 0 Å². The Hall–Kier alpha value is -1.80. The maximum Gasteiger partial charge on any atom is 0.295 e. The molecule has 98 valence electrons. The quantitative estimate of drug-likeness (QED) is 0.679. The third kappa shape index (κ3) is 2.96. The first-order valence-corrected chi connectivity index (χ1v) is 6.59. The number of hydrogen-bond donors (Lipinski definition) is 1. The molecule has 2 aromatic rings. The number of halogens is 2. The van der Waals surface area contributed by atoms with Gasteiger partial charge in [-0.2, -0.15) is 0 Å². The Bertz CT molecular complexity index is 659. The van der Waals surface area contributed by atoms with Gasteiger partial charge in [0.2, 0.25) is 0 Å². The van der Waals surface area contributed by atoms with Crippen LogP contribution in [0, 0.1) is 15.9 Å². The molecule has 1 N–H and O–H groups in total. The second kappa shape index (κ2) is 5.45. The Morgan fingerprint density at radius 3 is 2.68 bits per heavy atom. The van der Waals surface area contributed by atoms with Gasteiger partial charge in [-0.1, -0.05) is 6.07 Å². The predicted molar refractivity (Wildman–Crippen MR) is 73.0 cm³/mol. The normalized spacial score (nSPS) is 10.2. The van der Waals surface area contributed by atoms with E-state index in [-0.39, 0.29) is 0 Å². The minimum atomic E-state index is -0.849. The van der Waals surface area contributed by atoms with Crippen molar-refractivity contribution < 1.29 is 14.1 Å². The summed E-state index contributed by atoms with van der Waals surface area (Å²) in [5.74, 6) is -1.44. The van der Waals surface area contributed by atoms with Gasteiger partial charge in [-0.25, -0.2) is 4.39 Å². The summed E-state index contributed by atoms with van der Waals surface area (Å²) in [4.78, 5) is 22.2. The summed E-state index contributed by atoms with van der Waals surface area (Å²) in [6.45, 7) is 0. The van der Waals surface area contributed by atoms with Crippen LogP contribution in [0.5, 0.6) is 0 Å². The Morgan fingerprint density at radius 1 is 1.37 bits per heavy atom. The Balaban J connectivity index is 2.33. The number of thiophene rings is 1. The molecule has 0 atom stereocenters. The third-order valence-electron chi connectivity index (χ3n) is 2.22. The van der Waals surface area contributed by atoms with Gasteiger partial charge in [0.1, 0.15) is 0 Å². The van der Waals surface area contributed by atoms with Crippen LogP contribution in [0.4, 0.5) is 15.8 Å². The summed E-state index contributed by atoms with van der Waals surface area (Å²) in [6.07, 6.45) is 0. The summed E-state index contributed by atoms with van der Waals surface area (Å²) < 4.78 is 14.3. The van der Waals surface area contributed by atoms with E-state index in [1.165, 1.54) is 12.1 Å². The summed E-state index contributed by atoms with van der Waals surface area (Å²) in [5.41, 5.74) is -0.911. The molecule has 0 aliphatic carbocycles. The summed E-state index contributed by atoms with van der Waals surface area (Å²) in [5, 5.41) is 13.0. The van der Waals surface area contributed by atoms with Gasteiger partial charge in [-0.05, 0) is 34.1 Å². The van der Waals surface area contributed by atoms with Gasteiger partial charge >= 0.3 is 0 Å². The lowest BCUT2D eigenvalue weighted by Crippen LogP contribution is -2.13. The van der Waals surface area contributed by atoms with Crippen LogP contribution in [0.1, 0.15) is 9.67 Å². The predicted octanol–water partition coefficient (Wildman–Crippen LogP) is 3.81. The monoisotopic (exact) mass is 344 g/mol. The summed E-state index contributed by atoms with van der Waals surface area (Å²) in [7, 11) is 0. The fourth-order valence-corrected chi connectivity index (χ4v) is 2.68. The second-order valence-electron chi connectivity index (χ2n) is 3.45. The van der Waals surface area contributed by atoms with Crippen molar-refractivity contribution in [3.05, 3.63) is 54.9 Å². The number of anilines is 1. The molecule has 0 unspecified atom stereocenters. The Labute approximate surface area is 119 Å². The van der Waals surface area contributed by atoms with Crippen LogP contribution >= 0.6 is 27.3 Å². The van der Waals surface area contributed by atoms with Crippen molar-refractivity contribution >= 4 is 44.5 Å². The molecule has 0 radical (unpaired) electrons. The molecular formula is C11H6BrFN2O3S. The fourth-order valence-electron chi connectivity index (χ4n) is 1.40. The molecule has 5 nitrogen and oxygen atoms in total. The number of carbonyl (C=O) groups excluding carboxylic acids is 1. The van der Waals surface area contributed by atoms with Crippen molar-refractivity contribution in [1.82, 2.24) is 0 Å². The Morgan fingerprint density at radius 2 is 2.11 bits per heavy atom. The van der Waals surface area contributed by atoms with Crippen LogP contribution in [0.15, 0.2) is 34.1 Å². The van der Waals surface area contributed by atoms with Crippen molar-refractivity contribution in [1.29, 1.82) is 0 Å². The zero-order chi connectivity index (χ0) is 14.0. The number of amides is 1. The van der Waals surface area contributed by atoms with Crippen LogP contribution in [-0.2, 0) is 0 Å². The highest BCUT2D eigenvalue weighted by Gasteiger charge is 2.21. The highest BCUT2D eigenvalue weighted by Crippen LogP contribution is 2.29. The SMILES string of the molecule is O=C(Nc1c(F)cccc1[N+](=O)[O-])c1ccc(Br)s1. The van der Waals surface area contributed by atoms with Gasteiger partial charge in [0.05, 0.1) is 13.6 Å². The number of nitrogens with one attached hydrogen (secondary N) is 1. The first-order chi connectivity index (χ1) is 8.99. The van der Waals surface area contributed by atoms with Crippen LogP contribution in [0.2, 0.25) is 0 Å². The average molecular weight is 345 g/mol. The lowest BCUT2D eigenvalue weighted by Gasteiger charge is -2.05. The standard InChI is InChI=1S/C11H6BrFN2O3S/c12-9-5-4-8(19-9)11(16)14-10-6(13)2-1-3-7(10)15(17)18/h1-5H,(H,14,16). The van der Waals surface area contributed by atoms with Gasteiger partial charge in [-0.3, -0.25) is 14.9 Å². The number of carbonyl (C=O) groups is 1. The lowest BCUT2D eigenvalue weighted by atomic mass is 10.2. The lowest BCUT2D eigenvalue weighted by molar-refractivity contribution is -0.384. The maximum atomic E-state index is 13.6. The van der Waals surface area contributed by atoms with Gasteiger partial charge in [0, 0.05) is 6.07 Å². The molecule has 0 saturated carbocycles. The van der Waals surface area contributed by atoms with Crippen LogP contribution in [0.3, 0.4) is 0 Å². The largest absolute Gasteiger partial charge is 0.313 e. The minimum Gasteiger partial charge on any atom is -0.313 e. The van der Waals surface area contributed by atoms with Gasteiger partial charge in [0.15, 0.2) is 11.5 Å². The molecule has 0 aliphatic heterocycles. The second-order valence-corrected chi connectivity index (χ2v) is 5.91. The molecule has 1 aromatic carbocycles. The smallest absolute Gasteiger partial charge is 0.295 e. The molecule has 0 spiro atoms. The van der Waals surface area contributed by atoms with E-state index < -0.39 is 28.0 Å². The highest BCUT2D eigenvalue weighted by atomic mass is 79.9. The van der Waals surface area contributed by atoms with Crippen LogP contribution in [0.25, 0.3) is 0 Å². The summed E-state index contributed by atoms with van der Waals surface area (Å²) in [6, 6.07) is 6.59. The number of benzene rings is 1. The molecule has 1 heterocycles. The molecule has 8 heteroatoms.